The molecule has 0 rings (SSSR count). The largest absolute Gasteiger partial charge is 0.459 e. The van der Waals surface area contributed by atoms with Crippen LogP contribution in [-0.4, -0.2) is 24.1 Å². The van der Waals surface area contributed by atoms with E-state index in [1.54, 1.807) is 0 Å². The Morgan fingerprint density at radius 1 is 0.364 bits per heavy atom. The van der Waals surface area contributed by atoms with Gasteiger partial charge in [0.2, 0.25) is 0 Å². The molecule has 0 spiro atoms. The van der Waals surface area contributed by atoms with Gasteiger partial charge in [0.1, 0.15) is 12.2 Å². The number of hydrogen-bond acceptors (Lipinski definition) is 4. The Balaban J connectivity index is 4.75. The Morgan fingerprint density at radius 3 is 0.795 bits per heavy atom. The molecule has 0 saturated heterocycles. The fourth-order valence-corrected chi connectivity index (χ4v) is 6.03. The zero-order chi connectivity index (χ0) is 32.4. The van der Waals surface area contributed by atoms with Gasteiger partial charge in [-0.25, -0.2) is 9.59 Å². The van der Waals surface area contributed by atoms with Crippen molar-refractivity contribution >= 4 is 11.9 Å². The second-order valence-electron chi connectivity index (χ2n) is 13.4. The maximum Gasteiger partial charge on any atom is 0.331 e. The van der Waals surface area contributed by atoms with E-state index in [2.05, 4.69) is 27.7 Å². The molecular weight excluding hydrogens is 544 g/mol. The van der Waals surface area contributed by atoms with Gasteiger partial charge in [-0.1, -0.05) is 169 Å². The monoisotopic (exact) mass is 621 g/mol. The van der Waals surface area contributed by atoms with Crippen molar-refractivity contribution in [1.82, 2.24) is 0 Å². The van der Waals surface area contributed by atoms with Crippen molar-refractivity contribution in [1.29, 1.82) is 0 Å². The molecule has 0 bridgehead atoms. The minimum atomic E-state index is -0.402. The minimum absolute atomic E-state index is 0.0530. The molecule has 0 fully saturated rings. The summed E-state index contributed by atoms with van der Waals surface area (Å²) in [5.74, 6) is -0.805. The first-order valence-corrected chi connectivity index (χ1v) is 19.7. The molecule has 0 N–H and O–H groups in total. The summed E-state index contributed by atoms with van der Waals surface area (Å²) in [7, 11) is 0. The first kappa shape index (κ1) is 42.7. The van der Waals surface area contributed by atoms with Crippen LogP contribution < -0.4 is 0 Å². The minimum Gasteiger partial charge on any atom is -0.459 e. The van der Waals surface area contributed by atoms with Gasteiger partial charge in [-0.3, -0.25) is 0 Å². The Hall–Kier alpha value is -1.32. The SMILES string of the molecule is CCCCCCCCCC(CCCCCCCC)OC(=O)/C=C\C(=O)OC(CCCCCCCC)CCCCCCCCC. The van der Waals surface area contributed by atoms with Crippen molar-refractivity contribution < 1.29 is 19.1 Å². The smallest absolute Gasteiger partial charge is 0.331 e. The molecule has 44 heavy (non-hydrogen) atoms. The van der Waals surface area contributed by atoms with Crippen molar-refractivity contribution in [3.8, 4) is 0 Å². The van der Waals surface area contributed by atoms with Crippen LogP contribution >= 0.6 is 0 Å². The van der Waals surface area contributed by atoms with Gasteiger partial charge in [-0.05, 0) is 51.4 Å². The molecule has 0 aliphatic rings. The normalized spacial score (nSPS) is 12.9. The first-order valence-electron chi connectivity index (χ1n) is 19.7. The maximum atomic E-state index is 12.7. The van der Waals surface area contributed by atoms with Gasteiger partial charge in [-0.2, -0.15) is 0 Å². The molecule has 4 nitrogen and oxygen atoms in total. The lowest BCUT2D eigenvalue weighted by molar-refractivity contribution is -0.146. The van der Waals surface area contributed by atoms with E-state index in [0.29, 0.717) is 0 Å². The summed E-state index contributed by atoms with van der Waals surface area (Å²) in [6, 6.07) is 0. The van der Waals surface area contributed by atoms with Crippen LogP contribution in [0.2, 0.25) is 0 Å². The lowest BCUT2D eigenvalue weighted by Crippen LogP contribution is -2.19. The highest BCUT2D eigenvalue weighted by Crippen LogP contribution is 2.19. The first-order chi connectivity index (χ1) is 21.6. The fourth-order valence-electron chi connectivity index (χ4n) is 6.03. The number of carbonyl (C=O) groups is 2. The lowest BCUT2D eigenvalue weighted by atomic mass is 10.0. The Morgan fingerprint density at radius 2 is 0.568 bits per heavy atom. The summed E-state index contributed by atoms with van der Waals surface area (Å²) in [5, 5.41) is 0. The van der Waals surface area contributed by atoms with Crippen LogP contribution in [0.4, 0.5) is 0 Å². The number of unbranched alkanes of at least 4 members (excludes halogenated alkanes) is 22. The van der Waals surface area contributed by atoms with Crippen molar-refractivity contribution in [2.45, 2.75) is 233 Å². The summed E-state index contributed by atoms with van der Waals surface area (Å²) in [6.07, 6.45) is 38.6. The predicted octanol–water partition coefficient (Wildman–Crippen LogP) is 13.1. The van der Waals surface area contributed by atoms with Crippen LogP contribution in [0.15, 0.2) is 12.2 Å². The van der Waals surface area contributed by atoms with Crippen LogP contribution in [0.25, 0.3) is 0 Å². The van der Waals surface area contributed by atoms with Gasteiger partial charge in [0.25, 0.3) is 0 Å². The van der Waals surface area contributed by atoms with E-state index in [1.807, 2.05) is 0 Å². The molecule has 0 aromatic heterocycles. The number of rotatable bonds is 34. The highest BCUT2D eigenvalue weighted by Gasteiger charge is 2.15. The van der Waals surface area contributed by atoms with E-state index in [4.69, 9.17) is 9.47 Å². The number of esters is 2. The van der Waals surface area contributed by atoms with Crippen molar-refractivity contribution in [2.75, 3.05) is 0 Å². The summed E-state index contributed by atoms with van der Waals surface area (Å²) in [5.41, 5.74) is 0. The maximum absolute atomic E-state index is 12.7. The fraction of sp³-hybridized carbons (Fsp3) is 0.900. The van der Waals surface area contributed by atoms with Crippen LogP contribution in [0.5, 0.6) is 0 Å². The Labute approximate surface area is 275 Å². The van der Waals surface area contributed by atoms with Gasteiger partial charge < -0.3 is 9.47 Å². The molecule has 4 heteroatoms. The molecule has 260 valence electrons. The third-order valence-corrected chi connectivity index (χ3v) is 8.94. The number of hydrogen-bond donors (Lipinski definition) is 0. The molecule has 0 heterocycles. The molecule has 0 radical (unpaired) electrons. The van der Waals surface area contributed by atoms with Crippen LogP contribution in [0.1, 0.15) is 220 Å². The Bertz CT molecular complexity index is 589. The van der Waals surface area contributed by atoms with Gasteiger partial charge in [0, 0.05) is 12.2 Å². The second kappa shape index (κ2) is 34.6. The average molecular weight is 621 g/mol. The molecular formula is C40H76O4. The van der Waals surface area contributed by atoms with Crippen molar-refractivity contribution in [3.05, 3.63) is 12.2 Å². The molecule has 2 unspecified atom stereocenters. The quantitative estimate of drug-likeness (QED) is 0.0408. The highest BCUT2D eigenvalue weighted by atomic mass is 16.5. The lowest BCUT2D eigenvalue weighted by Gasteiger charge is -2.18. The zero-order valence-electron chi connectivity index (χ0n) is 30.2. The standard InChI is InChI=1S/C40H76O4/c1-5-9-13-17-21-25-29-33-37(31-27-23-19-15-11-7-3)43-39(41)35-36-40(42)44-38(32-28-24-20-16-12-8-4)34-30-26-22-18-14-10-6-2/h35-38H,5-34H2,1-4H3/b36-35-. The third-order valence-electron chi connectivity index (χ3n) is 8.94. The van der Waals surface area contributed by atoms with E-state index in [1.165, 1.54) is 153 Å². The van der Waals surface area contributed by atoms with Crippen molar-refractivity contribution in [2.24, 2.45) is 0 Å². The van der Waals surface area contributed by atoms with E-state index < -0.39 is 11.9 Å². The summed E-state index contributed by atoms with van der Waals surface area (Å²) in [6.45, 7) is 8.99. The van der Waals surface area contributed by atoms with Crippen molar-refractivity contribution in [3.63, 3.8) is 0 Å². The topological polar surface area (TPSA) is 52.6 Å². The molecule has 0 aromatic carbocycles. The summed E-state index contributed by atoms with van der Waals surface area (Å²) >= 11 is 0. The molecule has 2 atom stereocenters. The van der Waals surface area contributed by atoms with Crippen LogP contribution in [0.3, 0.4) is 0 Å². The molecule has 0 amide bonds. The predicted molar refractivity (Wildman–Crippen MR) is 190 cm³/mol. The van der Waals surface area contributed by atoms with Gasteiger partial charge in [0.15, 0.2) is 0 Å². The van der Waals surface area contributed by atoms with Crippen LogP contribution in [-0.2, 0) is 19.1 Å². The van der Waals surface area contributed by atoms with E-state index in [9.17, 15) is 9.59 Å². The molecule has 0 aliphatic heterocycles. The van der Waals surface area contributed by atoms with Gasteiger partial charge in [0.05, 0.1) is 0 Å². The highest BCUT2D eigenvalue weighted by molar-refractivity contribution is 5.91. The van der Waals surface area contributed by atoms with Gasteiger partial charge >= 0.3 is 11.9 Å². The van der Waals surface area contributed by atoms with E-state index in [-0.39, 0.29) is 12.2 Å². The molecule has 0 aliphatic carbocycles. The summed E-state index contributed by atoms with van der Waals surface area (Å²) in [4.78, 5) is 25.4. The van der Waals surface area contributed by atoms with Crippen LogP contribution in [0, 0.1) is 0 Å². The summed E-state index contributed by atoms with van der Waals surface area (Å²) < 4.78 is 11.8. The molecule has 0 saturated carbocycles. The third kappa shape index (κ3) is 30.7. The average Bonchev–Trinajstić information content (AvgIpc) is 3.02. The second-order valence-corrected chi connectivity index (χ2v) is 13.4. The van der Waals surface area contributed by atoms with Gasteiger partial charge in [-0.15, -0.1) is 0 Å². The Kier molecular flexibility index (Phi) is 33.5. The van der Waals surface area contributed by atoms with E-state index >= 15 is 0 Å². The molecule has 0 aromatic rings. The van der Waals surface area contributed by atoms with E-state index in [0.717, 1.165) is 51.4 Å². The zero-order valence-corrected chi connectivity index (χ0v) is 30.2. The number of ether oxygens (including phenoxy) is 2. The number of carbonyl (C=O) groups excluding carboxylic acids is 2.